The van der Waals surface area contributed by atoms with Crippen molar-refractivity contribution in [3.05, 3.63) is 17.5 Å². The molecular formula is C6H6N4. The molecule has 0 fully saturated rings. The summed E-state index contributed by atoms with van der Waals surface area (Å²) in [5.74, 6) is 0.205. The first kappa shape index (κ1) is 6.49. The second-order valence-corrected chi connectivity index (χ2v) is 1.84. The lowest BCUT2D eigenvalue weighted by molar-refractivity contribution is 1.10. The summed E-state index contributed by atoms with van der Waals surface area (Å²) >= 11 is 0. The summed E-state index contributed by atoms with van der Waals surface area (Å²) in [4.78, 5) is 7.44. The number of nitrogens with zero attached hydrogens (tertiary/aromatic N) is 3. The van der Waals surface area contributed by atoms with E-state index >= 15 is 0 Å². The van der Waals surface area contributed by atoms with Crippen molar-refractivity contribution in [1.82, 2.24) is 9.97 Å². The first-order chi connectivity index (χ1) is 4.74. The van der Waals surface area contributed by atoms with Crippen molar-refractivity contribution in [1.29, 1.82) is 5.26 Å². The number of aryl methyl sites for hydroxylation is 1. The minimum absolute atomic E-state index is 0.205. The molecule has 0 atom stereocenters. The second-order valence-electron chi connectivity index (χ2n) is 1.84. The van der Waals surface area contributed by atoms with E-state index in [1.165, 1.54) is 6.20 Å². The first-order valence-corrected chi connectivity index (χ1v) is 2.73. The van der Waals surface area contributed by atoms with Crippen LogP contribution in [0.25, 0.3) is 0 Å². The minimum atomic E-state index is 0.205. The SMILES string of the molecule is Cc1nc(N)ncc1C#N. The standard InChI is InChI=1S/C6H6N4/c1-4-5(2-7)3-9-6(8)10-4/h3H,1H3,(H2,8,9,10). The number of nitrogen functional groups attached to an aromatic ring is 1. The Balaban J connectivity index is 3.23. The molecule has 4 nitrogen and oxygen atoms in total. The third-order valence-corrected chi connectivity index (χ3v) is 1.12. The average molecular weight is 134 g/mol. The summed E-state index contributed by atoms with van der Waals surface area (Å²) in [5, 5.41) is 8.44. The van der Waals surface area contributed by atoms with Gasteiger partial charge in [0.2, 0.25) is 5.95 Å². The van der Waals surface area contributed by atoms with Gasteiger partial charge in [-0.15, -0.1) is 0 Å². The average Bonchev–Trinajstić information content (AvgIpc) is 1.88. The normalized spacial score (nSPS) is 8.80. The van der Waals surface area contributed by atoms with Crippen LogP contribution < -0.4 is 5.73 Å². The van der Waals surface area contributed by atoms with E-state index in [1.807, 2.05) is 6.07 Å². The molecule has 0 aliphatic heterocycles. The van der Waals surface area contributed by atoms with Crippen LogP contribution in [0.1, 0.15) is 11.3 Å². The number of aromatic nitrogens is 2. The summed E-state index contributed by atoms with van der Waals surface area (Å²) in [6.07, 6.45) is 1.41. The van der Waals surface area contributed by atoms with Crippen molar-refractivity contribution in [2.24, 2.45) is 0 Å². The van der Waals surface area contributed by atoms with Crippen LogP contribution in [0.15, 0.2) is 6.20 Å². The van der Waals surface area contributed by atoms with Gasteiger partial charge in [0.1, 0.15) is 6.07 Å². The van der Waals surface area contributed by atoms with E-state index in [2.05, 4.69) is 9.97 Å². The zero-order valence-electron chi connectivity index (χ0n) is 5.50. The maximum atomic E-state index is 8.44. The fourth-order valence-electron chi connectivity index (χ4n) is 0.595. The van der Waals surface area contributed by atoms with E-state index < -0.39 is 0 Å². The van der Waals surface area contributed by atoms with E-state index in [0.29, 0.717) is 11.3 Å². The molecule has 0 amide bonds. The smallest absolute Gasteiger partial charge is 0.220 e. The predicted octanol–water partition coefficient (Wildman–Crippen LogP) is 0.239. The highest BCUT2D eigenvalue weighted by Crippen LogP contribution is 2.01. The van der Waals surface area contributed by atoms with Crippen LogP contribution >= 0.6 is 0 Å². The Bertz CT molecular complexity index is 286. The van der Waals surface area contributed by atoms with Crippen LogP contribution in [0.4, 0.5) is 5.95 Å². The van der Waals surface area contributed by atoms with E-state index in [0.717, 1.165) is 0 Å². The van der Waals surface area contributed by atoms with Gasteiger partial charge in [0.05, 0.1) is 17.5 Å². The lowest BCUT2D eigenvalue weighted by Gasteiger charge is -1.94. The van der Waals surface area contributed by atoms with Gasteiger partial charge in [0.15, 0.2) is 0 Å². The van der Waals surface area contributed by atoms with Gasteiger partial charge in [-0.3, -0.25) is 0 Å². The van der Waals surface area contributed by atoms with Gasteiger partial charge in [-0.1, -0.05) is 0 Å². The van der Waals surface area contributed by atoms with Gasteiger partial charge in [-0.2, -0.15) is 5.26 Å². The molecule has 0 bridgehead atoms. The lowest BCUT2D eigenvalue weighted by atomic mass is 10.3. The molecule has 1 aromatic rings. The molecule has 10 heavy (non-hydrogen) atoms. The van der Waals surface area contributed by atoms with E-state index in [1.54, 1.807) is 6.92 Å². The van der Waals surface area contributed by atoms with Crippen LogP contribution in [0.2, 0.25) is 0 Å². The molecule has 0 saturated carbocycles. The number of hydrogen-bond donors (Lipinski definition) is 1. The van der Waals surface area contributed by atoms with Crippen molar-refractivity contribution in [3.8, 4) is 6.07 Å². The third-order valence-electron chi connectivity index (χ3n) is 1.12. The molecule has 0 saturated heterocycles. The van der Waals surface area contributed by atoms with E-state index in [4.69, 9.17) is 11.0 Å². The Labute approximate surface area is 58.3 Å². The molecule has 0 radical (unpaired) electrons. The molecule has 1 rings (SSSR count). The zero-order valence-corrected chi connectivity index (χ0v) is 5.50. The van der Waals surface area contributed by atoms with Crippen molar-refractivity contribution in [3.63, 3.8) is 0 Å². The number of rotatable bonds is 0. The highest BCUT2D eigenvalue weighted by atomic mass is 15.0. The lowest BCUT2D eigenvalue weighted by Crippen LogP contribution is -1.97. The minimum Gasteiger partial charge on any atom is -0.368 e. The number of hydrogen-bond acceptors (Lipinski definition) is 4. The quantitative estimate of drug-likeness (QED) is 0.551. The van der Waals surface area contributed by atoms with Crippen molar-refractivity contribution in [2.75, 3.05) is 5.73 Å². The topological polar surface area (TPSA) is 75.6 Å². The van der Waals surface area contributed by atoms with E-state index in [9.17, 15) is 0 Å². The number of anilines is 1. The van der Waals surface area contributed by atoms with Crippen molar-refractivity contribution in [2.45, 2.75) is 6.92 Å². The van der Waals surface area contributed by atoms with Gasteiger partial charge in [-0.25, -0.2) is 9.97 Å². The molecule has 4 heteroatoms. The van der Waals surface area contributed by atoms with Crippen LogP contribution in [0.5, 0.6) is 0 Å². The third kappa shape index (κ3) is 1.03. The number of nitrogens with two attached hydrogens (primary N) is 1. The van der Waals surface area contributed by atoms with Gasteiger partial charge in [0.25, 0.3) is 0 Å². The summed E-state index contributed by atoms with van der Waals surface area (Å²) in [6.45, 7) is 1.72. The molecule has 0 aliphatic carbocycles. The summed E-state index contributed by atoms with van der Waals surface area (Å²) in [6, 6.07) is 1.94. The predicted molar refractivity (Wildman–Crippen MR) is 35.9 cm³/mol. The Morgan fingerprint density at radius 1 is 1.70 bits per heavy atom. The number of nitriles is 1. The molecule has 0 aliphatic rings. The Morgan fingerprint density at radius 2 is 2.40 bits per heavy atom. The highest BCUT2D eigenvalue weighted by molar-refractivity contribution is 5.33. The summed E-state index contributed by atoms with van der Waals surface area (Å²) in [5.41, 5.74) is 6.34. The summed E-state index contributed by atoms with van der Waals surface area (Å²) in [7, 11) is 0. The van der Waals surface area contributed by atoms with E-state index in [-0.39, 0.29) is 5.95 Å². The molecule has 0 spiro atoms. The van der Waals surface area contributed by atoms with Crippen LogP contribution in [0.3, 0.4) is 0 Å². The first-order valence-electron chi connectivity index (χ1n) is 2.73. The van der Waals surface area contributed by atoms with Gasteiger partial charge in [-0.05, 0) is 6.92 Å². The molecular weight excluding hydrogens is 128 g/mol. The molecule has 0 aromatic carbocycles. The maximum absolute atomic E-state index is 8.44. The van der Waals surface area contributed by atoms with Crippen molar-refractivity contribution < 1.29 is 0 Å². The Morgan fingerprint density at radius 3 is 2.90 bits per heavy atom. The molecule has 0 unspecified atom stereocenters. The van der Waals surface area contributed by atoms with Crippen LogP contribution in [0, 0.1) is 18.3 Å². The van der Waals surface area contributed by atoms with Gasteiger partial charge < -0.3 is 5.73 Å². The fraction of sp³-hybridized carbons (Fsp3) is 0.167. The summed E-state index contributed by atoms with van der Waals surface area (Å²) < 4.78 is 0. The fourth-order valence-corrected chi connectivity index (χ4v) is 0.595. The second kappa shape index (κ2) is 2.31. The molecule has 50 valence electrons. The molecule has 2 N–H and O–H groups in total. The van der Waals surface area contributed by atoms with Gasteiger partial charge in [0, 0.05) is 0 Å². The monoisotopic (exact) mass is 134 g/mol. The van der Waals surface area contributed by atoms with Crippen molar-refractivity contribution >= 4 is 5.95 Å². The molecule has 1 aromatic heterocycles. The van der Waals surface area contributed by atoms with Gasteiger partial charge >= 0.3 is 0 Å². The van der Waals surface area contributed by atoms with Crippen LogP contribution in [-0.4, -0.2) is 9.97 Å². The zero-order chi connectivity index (χ0) is 7.56. The largest absolute Gasteiger partial charge is 0.368 e. The highest BCUT2D eigenvalue weighted by Gasteiger charge is 1.97. The maximum Gasteiger partial charge on any atom is 0.220 e. The Hall–Kier alpha value is -1.63. The Kier molecular flexibility index (Phi) is 1.50. The molecule has 1 heterocycles. The van der Waals surface area contributed by atoms with Crippen LogP contribution in [-0.2, 0) is 0 Å².